The van der Waals surface area contributed by atoms with Gasteiger partial charge in [-0.05, 0) is 64.2 Å². The molecule has 0 aliphatic carbocycles. The van der Waals surface area contributed by atoms with Crippen molar-refractivity contribution in [1.82, 2.24) is 0 Å². The molecule has 0 rings (SSSR count). The van der Waals surface area contributed by atoms with Crippen LogP contribution in [0.1, 0.15) is 252 Å². The van der Waals surface area contributed by atoms with E-state index in [4.69, 9.17) is 14.2 Å². The molecule has 0 saturated carbocycles. The SMILES string of the molecule is CC/C=C\C/C=C\C/C=C\C/C=C\C/C=C\CCCCCC(=O)OCC(COC(=O)CCCCCCCCCCCCC)OC(=O)CCCCCCCCCCCCCCC. The molecule has 1 atom stereocenters. The molecule has 0 heterocycles. The first-order valence-electron chi connectivity index (χ1n) is 25.8. The maximum atomic E-state index is 12.8. The van der Waals surface area contributed by atoms with Gasteiger partial charge in [0, 0.05) is 19.3 Å². The molecule has 0 aliphatic rings. The standard InChI is InChI=1S/C55H96O6/c1-4-7-10-13-16-19-22-24-25-26-27-28-29-31-33-36-39-42-45-48-54(57)60-51-52(50-59-53(56)47-44-41-38-35-32-21-18-15-12-9-6-3)61-55(58)49-46-43-40-37-34-30-23-20-17-14-11-8-5-2/h7,10,16,19,24-25,27-28,31,33,52H,4-6,8-9,11-15,17-18,20-23,26,29-30,32,34-51H2,1-3H3/b10-7-,19-16-,25-24-,28-27-,33-31-. The fourth-order valence-electron chi connectivity index (χ4n) is 7.17. The van der Waals surface area contributed by atoms with Gasteiger partial charge in [0.1, 0.15) is 13.2 Å². The van der Waals surface area contributed by atoms with E-state index in [1.54, 1.807) is 0 Å². The van der Waals surface area contributed by atoms with Gasteiger partial charge in [-0.15, -0.1) is 0 Å². The molecule has 0 aliphatic heterocycles. The second kappa shape index (κ2) is 49.8. The first kappa shape index (κ1) is 58.1. The van der Waals surface area contributed by atoms with Crippen molar-refractivity contribution < 1.29 is 28.6 Å². The molecular weight excluding hydrogens is 757 g/mol. The number of carbonyl (C=O) groups is 3. The maximum Gasteiger partial charge on any atom is 0.306 e. The van der Waals surface area contributed by atoms with Crippen LogP contribution in [0, 0.1) is 0 Å². The lowest BCUT2D eigenvalue weighted by atomic mass is 10.0. The predicted octanol–water partition coefficient (Wildman–Crippen LogP) is 16.9. The molecule has 0 N–H and O–H groups in total. The van der Waals surface area contributed by atoms with Gasteiger partial charge in [0.25, 0.3) is 0 Å². The van der Waals surface area contributed by atoms with E-state index in [0.29, 0.717) is 19.3 Å². The van der Waals surface area contributed by atoms with Crippen LogP contribution in [0.3, 0.4) is 0 Å². The van der Waals surface area contributed by atoms with E-state index < -0.39 is 6.10 Å². The number of hydrogen-bond donors (Lipinski definition) is 0. The number of rotatable bonds is 46. The van der Waals surface area contributed by atoms with Gasteiger partial charge in [-0.1, -0.05) is 229 Å². The highest BCUT2D eigenvalue weighted by atomic mass is 16.6. The van der Waals surface area contributed by atoms with E-state index in [0.717, 1.165) is 96.3 Å². The molecule has 6 nitrogen and oxygen atoms in total. The van der Waals surface area contributed by atoms with Crippen molar-refractivity contribution in [1.29, 1.82) is 0 Å². The average molecular weight is 853 g/mol. The van der Waals surface area contributed by atoms with Crippen molar-refractivity contribution in [3.05, 3.63) is 60.8 Å². The zero-order valence-electron chi connectivity index (χ0n) is 40.2. The summed E-state index contributed by atoms with van der Waals surface area (Å²) in [6.07, 6.45) is 60.6. The molecule has 1 unspecified atom stereocenters. The van der Waals surface area contributed by atoms with Crippen LogP contribution in [0.15, 0.2) is 60.8 Å². The smallest absolute Gasteiger partial charge is 0.306 e. The second-order valence-electron chi connectivity index (χ2n) is 17.1. The summed E-state index contributed by atoms with van der Waals surface area (Å²) >= 11 is 0. The van der Waals surface area contributed by atoms with Crippen LogP contribution in [-0.4, -0.2) is 37.2 Å². The molecular formula is C55H96O6. The Bertz CT molecular complexity index is 1120. The third-order valence-corrected chi connectivity index (χ3v) is 11.0. The minimum absolute atomic E-state index is 0.0816. The van der Waals surface area contributed by atoms with Gasteiger partial charge >= 0.3 is 17.9 Å². The van der Waals surface area contributed by atoms with Gasteiger partial charge in [0.15, 0.2) is 6.10 Å². The van der Waals surface area contributed by atoms with E-state index >= 15 is 0 Å². The molecule has 6 heteroatoms. The van der Waals surface area contributed by atoms with Gasteiger partial charge in [-0.2, -0.15) is 0 Å². The zero-order chi connectivity index (χ0) is 44.4. The topological polar surface area (TPSA) is 78.9 Å². The minimum Gasteiger partial charge on any atom is -0.462 e. The first-order valence-corrected chi connectivity index (χ1v) is 25.8. The third kappa shape index (κ3) is 48.0. The van der Waals surface area contributed by atoms with Crippen molar-refractivity contribution in [3.63, 3.8) is 0 Å². The van der Waals surface area contributed by atoms with Crippen molar-refractivity contribution in [2.24, 2.45) is 0 Å². The number of allylic oxidation sites excluding steroid dienone is 10. The second-order valence-corrected chi connectivity index (χ2v) is 17.1. The molecule has 61 heavy (non-hydrogen) atoms. The summed E-state index contributed by atoms with van der Waals surface area (Å²) in [5.74, 6) is -0.910. The van der Waals surface area contributed by atoms with Crippen molar-refractivity contribution in [2.75, 3.05) is 13.2 Å². The van der Waals surface area contributed by atoms with Gasteiger partial charge in [-0.3, -0.25) is 14.4 Å². The van der Waals surface area contributed by atoms with Crippen molar-refractivity contribution in [2.45, 2.75) is 258 Å². The lowest BCUT2D eigenvalue weighted by Crippen LogP contribution is -2.30. The molecule has 0 spiro atoms. The van der Waals surface area contributed by atoms with Crippen LogP contribution in [0.25, 0.3) is 0 Å². The Labute approximate surface area is 377 Å². The number of esters is 3. The summed E-state index contributed by atoms with van der Waals surface area (Å²) in [5.41, 5.74) is 0. The third-order valence-electron chi connectivity index (χ3n) is 11.0. The summed E-state index contributed by atoms with van der Waals surface area (Å²) in [4.78, 5) is 37.9. The average Bonchev–Trinajstić information content (AvgIpc) is 3.26. The van der Waals surface area contributed by atoms with E-state index in [1.165, 1.54) is 116 Å². The molecule has 0 aromatic rings. The molecule has 0 aromatic carbocycles. The number of ether oxygens (including phenoxy) is 3. The highest BCUT2D eigenvalue weighted by Crippen LogP contribution is 2.15. The predicted molar refractivity (Wildman–Crippen MR) is 261 cm³/mol. The maximum absolute atomic E-state index is 12.8. The lowest BCUT2D eigenvalue weighted by Gasteiger charge is -2.18. The molecule has 0 amide bonds. The van der Waals surface area contributed by atoms with E-state index in [2.05, 4.69) is 81.5 Å². The van der Waals surface area contributed by atoms with Crippen LogP contribution in [0.5, 0.6) is 0 Å². The van der Waals surface area contributed by atoms with Gasteiger partial charge in [0.2, 0.25) is 0 Å². The molecule has 0 radical (unpaired) electrons. The monoisotopic (exact) mass is 853 g/mol. The molecule has 0 fully saturated rings. The Morgan fingerprint density at radius 1 is 0.344 bits per heavy atom. The minimum atomic E-state index is -0.782. The Hall–Kier alpha value is -2.89. The van der Waals surface area contributed by atoms with Crippen molar-refractivity contribution in [3.8, 4) is 0 Å². The van der Waals surface area contributed by atoms with Crippen LogP contribution < -0.4 is 0 Å². The fourth-order valence-corrected chi connectivity index (χ4v) is 7.17. The summed E-state index contributed by atoms with van der Waals surface area (Å²) in [6, 6.07) is 0. The van der Waals surface area contributed by atoms with E-state index in [9.17, 15) is 14.4 Å². The quantitative estimate of drug-likeness (QED) is 0.0263. The zero-order valence-corrected chi connectivity index (χ0v) is 40.2. The number of carbonyl (C=O) groups excluding carboxylic acids is 3. The van der Waals surface area contributed by atoms with Crippen LogP contribution in [-0.2, 0) is 28.6 Å². The highest BCUT2D eigenvalue weighted by molar-refractivity contribution is 5.71. The molecule has 0 aromatic heterocycles. The first-order chi connectivity index (χ1) is 30.0. The van der Waals surface area contributed by atoms with E-state index in [-0.39, 0.29) is 31.1 Å². The van der Waals surface area contributed by atoms with E-state index in [1.807, 2.05) is 0 Å². The number of unbranched alkanes of at least 4 members (excludes halogenated alkanes) is 25. The highest BCUT2D eigenvalue weighted by Gasteiger charge is 2.19. The number of hydrogen-bond acceptors (Lipinski definition) is 6. The Kier molecular flexibility index (Phi) is 47.4. The largest absolute Gasteiger partial charge is 0.462 e. The molecule has 0 bridgehead atoms. The summed E-state index contributed by atoms with van der Waals surface area (Å²) in [5, 5.41) is 0. The molecule has 0 saturated heterocycles. The Morgan fingerprint density at radius 2 is 0.639 bits per heavy atom. The van der Waals surface area contributed by atoms with Gasteiger partial charge in [0.05, 0.1) is 0 Å². The van der Waals surface area contributed by atoms with Crippen LogP contribution in [0.4, 0.5) is 0 Å². The van der Waals surface area contributed by atoms with Crippen molar-refractivity contribution >= 4 is 17.9 Å². The fraction of sp³-hybridized carbons (Fsp3) is 0.764. The van der Waals surface area contributed by atoms with Gasteiger partial charge < -0.3 is 14.2 Å². The summed E-state index contributed by atoms with van der Waals surface area (Å²) in [7, 11) is 0. The Balaban J connectivity index is 4.40. The summed E-state index contributed by atoms with van der Waals surface area (Å²) in [6.45, 7) is 6.50. The summed E-state index contributed by atoms with van der Waals surface area (Å²) < 4.78 is 16.8. The van der Waals surface area contributed by atoms with Crippen LogP contribution in [0.2, 0.25) is 0 Å². The normalized spacial score (nSPS) is 12.5. The van der Waals surface area contributed by atoms with Gasteiger partial charge in [-0.25, -0.2) is 0 Å². The molecule has 352 valence electrons. The Morgan fingerprint density at radius 3 is 1.00 bits per heavy atom. The lowest BCUT2D eigenvalue weighted by molar-refractivity contribution is -0.167. The van der Waals surface area contributed by atoms with Crippen LogP contribution >= 0.6 is 0 Å².